The predicted octanol–water partition coefficient (Wildman–Crippen LogP) is 2.83. The summed E-state index contributed by atoms with van der Waals surface area (Å²) in [7, 11) is 0. The highest BCUT2D eigenvalue weighted by atomic mass is 19.1. The van der Waals surface area contributed by atoms with Crippen LogP contribution in [0.15, 0.2) is 48.5 Å². The van der Waals surface area contributed by atoms with Crippen LogP contribution in [0.1, 0.15) is 33.9 Å². The second-order valence-corrected chi connectivity index (χ2v) is 5.90. The first-order valence-electron chi connectivity index (χ1n) is 7.53. The Kier molecular flexibility index (Phi) is 4.41. The van der Waals surface area contributed by atoms with E-state index in [1.807, 2.05) is 12.1 Å². The molecule has 0 aliphatic carbocycles. The summed E-state index contributed by atoms with van der Waals surface area (Å²) in [5.41, 5.74) is 1.93. The van der Waals surface area contributed by atoms with Crippen LogP contribution in [0.5, 0.6) is 0 Å². The number of aromatic carboxylic acids is 1. The molecule has 2 atom stereocenters. The second kappa shape index (κ2) is 6.48. The fraction of sp³-hybridized carbons (Fsp3) is 0.278. The predicted molar refractivity (Wildman–Crippen MR) is 83.6 cm³/mol. The Bertz CT molecular complexity index is 719. The Balaban J connectivity index is 1.83. The van der Waals surface area contributed by atoms with Crippen LogP contribution in [0.2, 0.25) is 0 Å². The normalized spacial score (nSPS) is 21.5. The highest BCUT2D eigenvalue weighted by Crippen LogP contribution is 2.33. The first-order chi connectivity index (χ1) is 11.0. The van der Waals surface area contributed by atoms with Crippen molar-refractivity contribution in [3.63, 3.8) is 0 Å². The Morgan fingerprint density at radius 2 is 2.00 bits per heavy atom. The maximum atomic E-state index is 13.5. The number of carboxylic acid groups (broad SMARTS) is 1. The van der Waals surface area contributed by atoms with Crippen molar-refractivity contribution < 1.29 is 19.4 Å². The summed E-state index contributed by atoms with van der Waals surface area (Å²) in [6.45, 7) is 0.998. The minimum Gasteiger partial charge on any atom is -0.478 e. The van der Waals surface area contributed by atoms with Gasteiger partial charge in [0.05, 0.1) is 11.7 Å². The lowest BCUT2D eigenvalue weighted by Crippen LogP contribution is -2.24. The number of likely N-dealkylation sites (tertiary alicyclic amines) is 1. The fourth-order valence-corrected chi connectivity index (χ4v) is 3.15. The zero-order valence-electron chi connectivity index (χ0n) is 12.5. The third-order valence-corrected chi connectivity index (χ3v) is 4.17. The first-order valence-corrected chi connectivity index (χ1v) is 7.53. The van der Waals surface area contributed by atoms with E-state index in [1.54, 1.807) is 24.3 Å². The molecule has 120 valence electrons. The van der Waals surface area contributed by atoms with Gasteiger partial charge in [-0.05, 0) is 41.8 Å². The zero-order chi connectivity index (χ0) is 16.4. The number of rotatable bonds is 4. The summed E-state index contributed by atoms with van der Waals surface area (Å²) < 4.78 is 13.5. The van der Waals surface area contributed by atoms with Crippen LogP contribution in [-0.2, 0) is 6.54 Å². The summed E-state index contributed by atoms with van der Waals surface area (Å²) in [4.78, 5) is 13.1. The van der Waals surface area contributed by atoms with Gasteiger partial charge < -0.3 is 10.2 Å². The van der Waals surface area contributed by atoms with E-state index in [2.05, 4.69) is 4.90 Å². The summed E-state index contributed by atoms with van der Waals surface area (Å²) in [5, 5.41) is 19.1. The minimum atomic E-state index is -0.963. The number of halogens is 1. The summed E-state index contributed by atoms with van der Waals surface area (Å²) in [6.07, 6.45) is 0.0770. The molecule has 1 aliphatic rings. The Labute approximate surface area is 133 Å². The maximum absolute atomic E-state index is 13.5. The molecule has 1 fully saturated rings. The standard InChI is InChI=1S/C18H18FNO3/c19-15-6-2-4-13(8-15)17-9-16(21)11-20(17)10-12-3-1-5-14(7-12)18(22)23/h1-8,16-17,21H,9-11H2,(H,22,23). The van der Waals surface area contributed by atoms with Gasteiger partial charge >= 0.3 is 5.97 Å². The molecular formula is C18H18FNO3. The largest absolute Gasteiger partial charge is 0.478 e. The first kappa shape index (κ1) is 15.6. The molecule has 0 aromatic heterocycles. The van der Waals surface area contributed by atoms with E-state index in [-0.39, 0.29) is 17.4 Å². The van der Waals surface area contributed by atoms with Crippen molar-refractivity contribution >= 4 is 5.97 Å². The van der Waals surface area contributed by atoms with Gasteiger partial charge in [0.25, 0.3) is 0 Å². The second-order valence-electron chi connectivity index (χ2n) is 5.90. The molecule has 23 heavy (non-hydrogen) atoms. The van der Waals surface area contributed by atoms with Crippen LogP contribution in [0, 0.1) is 5.82 Å². The molecule has 0 radical (unpaired) electrons. The van der Waals surface area contributed by atoms with Crippen LogP contribution in [-0.4, -0.2) is 33.7 Å². The van der Waals surface area contributed by atoms with Gasteiger partial charge in [-0.3, -0.25) is 4.90 Å². The number of aliphatic hydroxyl groups is 1. The van der Waals surface area contributed by atoms with Crippen molar-refractivity contribution in [2.75, 3.05) is 6.54 Å². The molecule has 2 aromatic rings. The van der Waals surface area contributed by atoms with E-state index in [0.29, 0.717) is 19.5 Å². The van der Waals surface area contributed by atoms with E-state index in [0.717, 1.165) is 11.1 Å². The third-order valence-electron chi connectivity index (χ3n) is 4.17. The molecule has 1 aliphatic heterocycles. The van der Waals surface area contributed by atoms with Crippen LogP contribution >= 0.6 is 0 Å². The molecule has 2 unspecified atom stereocenters. The van der Waals surface area contributed by atoms with Crippen LogP contribution in [0.3, 0.4) is 0 Å². The fourth-order valence-electron chi connectivity index (χ4n) is 3.15. The van der Waals surface area contributed by atoms with E-state index in [9.17, 15) is 14.3 Å². The van der Waals surface area contributed by atoms with E-state index in [1.165, 1.54) is 12.1 Å². The van der Waals surface area contributed by atoms with Gasteiger partial charge in [0.1, 0.15) is 5.82 Å². The number of hydrogen-bond donors (Lipinski definition) is 2. The number of β-amino-alcohol motifs (C(OH)–C–C–N with tert-alkyl or cyclic N) is 1. The molecule has 3 rings (SSSR count). The molecule has 1 heterocycles. The summed E-state index contributed by atoms with van der Waals surface area (Å²) >= 11 is 0. The number of nitrogens with zero attached hydrogens (tertiary/aromatic N) is 1. The quantitative estimate of drug-likeness (QED) is 0.911. The van der Waals surface area contributed by atoms with Crippen molar-refractivity contribution in [2.45, 2.75) is 25.1 Å². The van der Waals surface area contributed by atoms with E-state index in [4.69, 9.17) is 5.11 Å². The molecule has 0 bridgehead atoms. The van der Waals surface area contributed by atoms with E-state index < -0.39 is 12.1 Å². The molecule has 1 saturated heterocycles. The average molecular weight is 315 g/mol. The smallest absolute Gasteiger partial charge is 0.335 e. The van der Waals surface area contributed by atoms with Gasteiger partial charge in [-0.25, -0.2) is 9.18 Å². The number of aliphatic hydroxyl groups excluding tert-OH is 1. The topological polar surface area (TPSA) is 60.8 Å². The number of benzene rings is 2. The highest BCUT2D eigenvalue weighted by molar-refractivity contribution is 5.87. The number of carboxylic acids is 1. The van der Waals surface area contributed by atoms with E-state index >= 15 is 0 Å². The Morgan fingerprint density at radius 1 is 1.22 bits per heavy atom. The maximum Gasteiger partial charge on any atom is 0.335 e. The molecule has 0 saturated carbocycles. The van der Waals surface area contributed by atoms with Crippen molar-refractivity contribution in [3.05, 3.63) is 71.0 Å². The summed E-state index contributed by atoms with van der Waals surface area (Å²) in [6, 6.07) is 13.1. The van der Waals surface area contributed by atoms with Crippen molar-refractivity contribution in [3.8, 4) is 0 Å². The van der Waals surface area contributed by atoms with Crippen LogP contribution in [0.25, 0.3) is 0 Å². The van der Waals surface area contributed by atoms with Crippen LogP contribution in [0.4, 0.5) is 4.39 Å². The zero-order valence-corrected chi connectivity index (χ0v) is 12.5. The molecule has 5 heteroatoms. The SMILES string of the molecule is O=C(O)c1cccc(CN2CC(O)CC2c2cccc(F)c2)c1. The lowest BCUT2D eigenvalue weighted by Gasteiger charge is -2.24. The van der Waals surface area contributed by atoms with Crippen molar-refractivity contribution in [1.29, 1.82) is 0 Å². The van der Waals surface area contributed by atoms with Gasteiger partial charge in [0, 0.05) is 19.1 Å². The molecule has 0 amide bonds. The monoisotopic (exact) mass is 315 g/mol. The molecule has 2 aromatic carbocycles. The lowest BCUT2D eigenvalue weighted by atomic mass is 10.0. The van der Waals surface area contributed by atoms with Crippen molar-refractivity contribution in [1.82, 2.24) is 4.90 Å². The van der Waals surface area contributed by atoms with Crippen molar-refractivity contribution in [2.24, 2.45) is 0 Å². The number of carbonyl (C=O) groups is 1. The number of hydrogen-bond acceptors (Lipinski definition) is 3. The van der Waals surface area contributed by atoms with Gasteiger partial charge in [-0.1, -0.05) is 24.3 Å². The minimum absolute atomic E-state index is 0.0748. The Hall–Kier alpha value is -2.24. The molecule has 4 nitrogen and oxygen atoms in total. The van der Waals surface area contributed by atoms with Crippen LogP contribution < -0.4 is 0 Å². The highest BCUT2D eigenvalue weighted by Gasteiger charge is 2.32. The average Bonchev–Trinajstić information content (AvgIpc) is 2.88. The lowest BCUT2D eigenvalue weighted by molar-refractivity contribution is 0.0696. The molecular weight excluding hydrogens is 297 g/mol. The van der Waals surface area contributed by atoms with Gasteiger partial charge in [-0.15, -0.1) is 0 Å². The molecule has 2 N–H and O–H groups in total. The third kappa shape index (κ3) is 3.57. The molecule has 0 spiro atoms. The Morgan fingerprint density at radius 3 is 2.74 bits per heavy atom. The van der Waals surface area contributed by atoms with Gasteiger partial charge in [0.15, 0.2) is 0 Å². The summed E-state index contributed by atoms with van der Waals surface area (Å²) in [5.74, 6) is -1.26. The van der Waals surface area contributed by atoms with Gasteiger partial charge in [0.2, 0.25) is 0 Å². The van der Waals surface area contributed by atoms with Gasteiger partial charge in [-0.2, -0.15) is 0 Å².